The van der Waals surface area contributed by atoms with Crippen molar-refractivity contribution in [3.63, 3.8) is 0 Å². The molecule has 0 aromatic heterocycles. The molecule has 0 unspecified atom stereocenters. The summed E-state index contributed by atoms with van der Waals surface area (Å²) in [6, 6.07) is 0.373. The Bertz CT molecular complexity index is 340. The molecule has 1 saturated carbocycles. The Morgan fingerprint density at radius 3 is 2.39 bits per heavy atom. The van der Waals surface area contributed by atoms with Gasteiger partial charge in [0.1, 0.15) is 0 Å². The molecule has 1 amide bonds. The normalized spacial score (nSPS) is 26.7. The highest BCUT2D eigenvalue weighted by Crippen LogP contribution is 2.59. The molecule has 3 heteroatoms. The van der Waals surface area contributed by atoms with Crippen LogP contribution in [0.5, 0.6) is 0 Å². The molecule has 1 N–H and O–H groups in total. The fourth-order valence-electron chi connectivity index (χ4n) is 2.39. The molecule has 0 saturated heterocycles. The van der Waals surface area contributed by atoms with Gasteiger partial charge in [0.25, 0.3) is 0 Å². The second kappa shape index (κ2) is 5.43. The van der Waals surface area contributed by atoms with Crippen molar-refractivity contribution in [2.75, 3.05) is 20.6 Å². The third kappa shape index (κ3) is 3.35. The molecule has 0 aliphatic heterocycles. The van der Waals surface area contributed by atoms with E-state index in [1.54, 1.807) is 0 Å². The molecular formula is C15H28N2O. The summed E-state index contributed by atoms with van der Waals surface area (Å²) in [4.78, 5) is 14.3. The van der Waals surface area contributed by atoms with Gasteiger partial charge in [0.2, 0.25) is 5.91 Å². The standard InChI is InChI=1S/C15H28N2O/c1-10(2)8-12-13(15(12,4)5)14(18)16-9-11(3)17(6)7/h8,11-13H,9H2,1-7H3,(H,16,18)/t11-,12+,13+/m0/s1. The van der Waals surface area contributed by atoms with Crippen LogP contribution in [0.3, 0.4) is 0 Å². The van der Waals surface area contributed by atoms with Gasteiger partial charge in [0.05, 0.1) is 5.92 Å². The molecule has 0 spiro atoms. The van der Waals surface area contributed by atoms with Gasteiger partial charge < -0.3 is 10.2 Å². The summed E-state index contributed by atoms with van der Waals surface area (Å²) in [6.45, 7) is 11.4. The maximum atomic E-state index is 12.2. The SMILES string of the molecule is CC(C)=C[C@@H]1[C@H](C(=O)NC[C@H](C)N(C)C)C1(C)C. The Labute approximate surface area is 112 Å². The molecule has 0 aromatic rings. The number of hydrogen-bond acceptors (Lipinski definition) is 2. The average molecular weight is 252 g/mol. The number of rotatable bonds is 5. The number of nitrogens with one attached hydrogen (secondary N) is 1. The van der Waals surface area contributed by atoms with Gasteiger partial charge in [0, 0.05) is 12.6 Å². The van der Waals surface area contributed by atoms with Gasteiger partial charge in [-0.2, -0.15) is 0 Å². The van der Waals surface area contributed by atoms with Gasteiger partial charge >= 0.3 is 0 Å². The van der Waals surface area contributed by atoms with Crippen molar-refractivity contribution in [3.8, 4) is 0 Å². The predicted octanol–water partition coefficient (Wildman–Crippen LogP) is 2.29. The highest BCUT2D eigenvalue weighted by atomic mass is 16.2. The van der Waals surface area contributed by atoms with Crippen molar-refractivity contribution in [1.82, 2.24) is 10.2 Å². The van der Waals surface area contributed by atoms with Gasteiger partial charge in [-0.25, -0.2) is 0 Å². The molecule has 1 rings (SSSR count). The first-order valence-electron chi connectivity index (χ1n) is 6.77. The van der Waals surface area contributed by atoms with Crippen LogP contribution in [-0.4, -0.2) is 37.5 Å². The molecule has 1 fully saturated rings. The van der Waals surface area contributed by atoms with E-state index < -0.39 is 0 Å². The fraction of sp³-hybridized carbons (Fsp3) is 0.800. The fourth-order valence-corrected chi connectivity index (χ4v) is 2.39. The topological polar surface area (TPSA) is 32.3 Å². The Hall–Kier alpha value is -0.830. The number of nitrogens with zero attached hydrogens (tertiary/aromatic N) is 1. The van der Waals surface area contributed by atoms with Crippen LogP contribution < -0.4 is 5.32 Å². The first-order chi connectivity index (χ1) is 8.17. The zero-order chi connectivity index (χ0) is 14.1. The van der Waals surface area contributed by atoms with E-state index in [-0.39, 0.29) is 17.2 Å². The molecule has 0 radical (unpaired) electrons. The lowest BCUT2D eigenvalue weighted by Crippen LogP contribution is -2.39. The summed E-state index contributed by atoms with van der Waals surface area (Å²) < 4.78 is 0. The van der Waals surface area contributed by atoms with E-state index in [0.29, 0.717) is 12.0 Å². The number of amides is 1. The molecular weight excluding hydrogens is 224 g/mol. The maximum Gasteiger partial charge on any atom is 0.224 e. The van der Waals surface area contributed by atoms with E-state index in [1.807, 2.05) is 14.1 Å². The average Bonchev–Trinajstić information content (AvgIpc) is 2.75. The Morgan fingerprint density at radius 1 is 1.39 bits per heavy atom. The van der Waals surface area contributed by atoms with Crippen LogP contribution >= 0.6 is 0 Å². The van der Waals surface area contributed by atoms with Crippen molar-refractivity contribution >= 4 is 5.91 Å². The minimum Gasteiger partial charge on any atom is -0.354 e. The third-order valence-corrected chi connectivity index (χ3v) is 4.16. The first kappa shape index (κ1) is 15.2. The molecule has 18 heavy (non-hydrogen) atoms. The van der Waals surface area contributed by atoms with Crippen molar-refractivity contribution in [2.45, 2.75) is 40.7 Å². The van der Waals surface area contributed by atoms with Crippen molar-refractivity contribution in [1.29, 1.82) is 0 Å². The van der Waals surface area contributed by atoms with Crippen LogP contribution in [0.25, 0.3) is 0 Å². The number of carbonyl (C=O) groups is 1. The van der Waals surface area contributed by atoms with Crippen LogP contribution in [0.4, 0.5) is 0 Å². The zero-order valence-corrected chi connectivity index (χ0v) is 12.9. The quantitative estimate of drug-likeness (QED) is 0.761. The Morgan fingerprint density at radius 2 is 1.94 bits per heavy atom. The second-order valence-corrected chi connectivity index (χ2v) is 6.63. The van der Waals surface area contributed by atoms with Crippen LogP contribution in [0.1, 0.15) is 34.6 Å². The summed E-state index contributed by atoms with van der Waals surface area (Å²) in [7, 11) is 4.06. The second-order valence-electron chi connectivity index (χ2n) is 6.63. The van der Waals surface area contributed by atoms with E-state index in [1.165, 1.54) is 5.57 Å². The summed E-state index contributed by atoms with van der Waals surface area (Å²) >= 11 is 0. The minimum absolute atomic E-state index is 0.114. The lowest BCUT2D eigenvalue weighted by molar-refractivity contribution is -0.123. The lowest BCUT2D eigenvalue weighted by atomic mass is 10.1. The van der Waals surface area contributed by atoms with Crippen molar-refractivity contribution in [2.24, 2.45) is 17.3 Å². The van der Waals surface area contributed by atoms with E-state index >= 15 is 0 Å². The minimum atomic E-state index is 0.114. The van der Waals surface area contributed by atoms with Gasteiger partial charge in [-0.15, -0.1) is 0 Å². The van der Waals surface area contributed by atoms with E-state index in [9.17, 15) is 4.79 Å². The van der Waals surface area contributed by atoms with E-state index in [2.05, 4.69) is 50.9 Å². The van der Waals surface area contributed by atoms with Gasteiger partial charge in [-0.1, -0.05) is 25.5 Å². The van der Waals surface area contributed by atoms with E-state index in [0.717, 1.165) is 6.54 Å². The Balaban J connectivity index is 2.52. The highest BCUT2D eigenvalue weighted by Gasteiger charge is 2.60. The van der Waals surface area contributed by atoms with Crippen molar-refractivity contribution in [3.05, 3.63) is 11.6 Å². The van der Waals surface area contributed by atoms with Crippen LogP contribution in [0.15, 0.2) is 11.6 Å². The van der Waals surface area contributed by atoms with E-state index in [4.69, 9.17) is 0 Å². The van der Waals surface area contributed by atoms with Crippen LogP contribution in [0.2, 0.25) is 0 Å². The summed E-state index contributed by atoms with van der Waals surface area (Å²) in [5.41, 5.74) is 1.41. The van der Waals surface area contributed by atoms with Crippen LogP contribution in [0, 0.1) is 17.3 Å². The van der Waals surface area contributed by atoms with Gasteiger partial charge in [0.15, 0.2) is 0 Å². The predicted molar refractivity (Wildman–Crippen MR) is 76.4 cm³/mol. The molecule has 0 heterocycles. The summed E-state index contributed by atoms with van der Waals surface area (Å²) in [5, 5.41) is 3.07. The number of hydrogen-bond donors (Lipinski definition) is 1. The van der Waals surface area contributed by atoms with Gasteiger partial charge in [-0.3, -0.25) is 4.79 Å². The first-order valence-corrected chi connectivity index (χ1v) is 6.77. The third-order valence-electron chi connectivity index (χ3n) is 4.16. The number of allylic oxidation sites excluding steroid dienone is 2. The molecule has 3 nitrogen and oxygen atoms in total. The van der Waals surface area contributed by atoms with Crippen LogP contribution in [-0.2, 0) is 4.79 Å². The monoisotopic (exact) mass is 252 g/mol. The summed E-state index contributed by atoms with van der Waals surface area (Å²) in [5.74, 6) is 0.745. The molecule has 1 aliphatic carbocycles. The maximum absolute atomic E-state index is 12.2. The molecule has 3 atom stereocenters. The molecule has 0 bridgehead atoms. The number of carbonyl (C=O) groups excluding carboxylic acids is 1. The number of likely N-dealkylation sites (N-methyl/N-ethyl adjacent to an activating group) is 1. The Kier molecular flexibility index (Phi) is 4.60. The summed E-state index contributed by atoms with van der Waals surface area (Å²) in [6.07, 6.45) is 2.24. The highest BCUT2D eigenvalue weighted by molar-refractivity contribution is 5.83. The van der Waals surface area contributed by atoms with Crippen molar-refractivity contribution < 1.29 is 4.79 Å². The molecule has 1 aliphatic rings. The molecule has 0 aromatic carbocycles. The van der Waals surface area contributed by atoms with Gasteiger partial charge in [-0.05, 0) is 46.2 Å². The molecule has 104 valence electrons. The lowest BCUT2D eigenvalue weighted by Gasteiger charge is -2.20. The largest absolute Gasteiger partial charge is 0.354 e. The zero-order valence-electron chi connectivity index (χ0n) is 12.9. The smallest absolute Gasteiger partial charge is 0.224 e.